The van der Waals surface area contributed by atoms with Gasteiger partial charge in [-0.15, -0.1) is 0 Å². The number of amides is 1. The summed E-state index contributed by atoms with van der Waals surface area (Å²) in [4.78, 5) is 16.7. The van der Waals surface area contributed by atoms with Crippen molar-refractivity contribution in [2.45, 2.75) is 13.0 Å². The van der Waals surface area contributed by atoms with E-state index in [1.807, 2.05) is 18.9 Å². The van der Waals surface area contributed by atoms with Crippen molar-refractivity contribution < 1.29 is 9.90 Å². The second kappa shape index (κ2) is 4.75. The molecule has 0 spiro atoms. The zero-order chi connectivity index (χ0) is 11.4. The van der Waals surface area contributed by atoms with E-state index < -0.39 is 5.91 Å². The number of pyridine rings is 1. The van der Waals surface area contributed by atoms with E-state index in [1.165, 1.54) is 6.20 Å². The number of anilines is 1. The molecule has 82 valence electrons. The molecular formula is C10H15N3O2. The highest BCUT2D eigenvalue weighted by Crippen LogP contribution is 2.11. The van der Waals surface area contributed by atoms with E-state index in [1.54, 1.807) is 12.1 Å². The van der Waals surface area contributed by atoms with Crippen LogP contribution in [0, 0.1) is 0 Å². The average Bonchev–Trinajstić information content (AvgIpc) is 2.27. The van der Waals surface area contributed by atoms with E-state index in [4.69, 9.17) is 10.8 Å². The number of aliphatic hydroxyl groups excluding tert-OH is 1. The van der Waals surface area contributed by atoms with Crippen LogP contribution in [0.15, 0.2) is 18.3 Å². The van der Waals surface area contributed by atoms with Gasteiger partial charge in [0.1, 0.15) is 5.82 Å². The maximum Gasteiger partial charge on any atom is 0.250 e. The summed E-state index contributed by atoms with van der Waals surface area (Å²) in [5.41, 5.74) is 5.47. The summed E-state index contributed by atoms with van der Waals surface area (Å²) in [5.74, 6) is 0.202. The van der Waals surface area contributed by atoms with Gasteiger partial charge in [-0.25, -0.2) is 4.98 Å². The topological polar surface area (TPSA) is 79.5 Å². The van der Waals surface area contributed by atoms with Crippen molar-refractivity contribution in [3.8, 4) is 0 Å². The Morgan fingerprint density at radius 1 is 1.67 bits per heavy atom. The Labute approximate surface area is 88.5 Å². The molecule has 0 aliphatic rings. The molecule has 0 saturated carbocycles. The van der Waals surface area contributed by atoms with Crippen molar-refractivity contribution >= 4 is 11.7 Å². The number of carbonyl (C=O) groups is 1. The highest BCUT2D eigenvalue weighted by Gasteiger charge is 2.10. The van der Waals surface area contributed by atoms with Crippen molar-refractivity contribution in [3.05, 3.63) is 23.9 Å². The van der Waals surface area contributed by atoms with E-state index in [9.17, 15) is 4.79 Å². The molecule has 0 aliphatic heterocycles. The molecule has 1 rings (SSSR count). The number of hydrogen-bond acceptors (Lipinski definition) is 4. The molecule has 1 atom stereocenters. The van der Waals surface area contributed by atoms with Crippen LogP contribution >= 0.6 is 0 Å². The Balaban J connectivity index is 2.84. The van der Waals surface area contributed by atoms with Gasteiger partial charge in [-0.2, -0.15) is 0 Å². The summed E-state index contributed by atoms with van der Waals surface area (Å²) >= 11 is 0. The number of nitrogens with zero attached hydrogens (tertiary/aromatic N) is 2. The minimum absolute atomic E-state index is 0.0167. The predicted molar refractivity (Wildman–Crippen MR) is 57.7 cm³/mol. The smallest absolute Gasteiger partial charge is 0.250 e. The number of hydrogen-bond donors (Lipinski definition) is 2. The number of carbonyl (C=O) groups excluding carboxylic acids is 1. The molecule has 0 fully saturated rings. The molecule has 0 radical (unpaired) electrons. The first-order chi connectivity index (χ1) is 7.06. The summed E-state index contributed by atoms with van der Waals surface area (Å²) in [5, 5.41) is 8.97. The highest BCUT2D eigenvalue weighted by molar-refractivity contribution is 5.92. The summed E-state index contributed by atoms with van der Waals surface area (Å²) in [7, 11) is 1.83. The lowest BCUT2D eigenvalue weighted by molar-refractivity contribution is 0.1000. The molecule has 15 heavy (non-hydrogen) atoms. The zero-order valence-corrected chi connectivity index (χ0v) is 8.84. The average molecular weight is 209 g/mol. The van der Waals surface area contributed by atoms with Crippen LogP contribution in [0.3, 0.4) is 0 Å². The summed E-state index contributed by atoms with van der Waals surface area (Å²) in [6, 6.07) is 3.30. The van der Waals surface area contributed by atoms with E-state index in [-0.39, 0.29) is 12.6 Å². The first-order valence-electron chi connectivity index (χ1n) is 4.65. The number of primary amides is 1. The third-order valence-electron chi connectivity index (χ3n) is 2.32. The maximum absolute atomic E-state index is 10.8. The first-order valence-corrected chi connectivity index (χ1v) is 4.65. The van der Waals surface area contributed by atoms with Crippen molar-refractivity contribution in [3.63, 3.8) is 0 Å². The molecule has 5 nitrogen and oxygen atoms in total. The van der Waals surface area contributed by atoms with Crippen LogP contribution in [-0.2, 0) is 0 Å². The Kier molecular flexibility index (Phi) is 3.62. The summed E-state index contributed by atoms with van der Waals surface area (Å²) in [6.07, 6.45) is 1.43. The van der Waals surface area contributed by atoms with Gasteiger partial charge in [0.05, 0.1) is 18.2 Å². The minimum Gasteiger partial charge on any atom is -0.394 e. The van der Waals surface area contributed by atoms with Gasteiger partial charge < -0.3 is 15.7 Å². The third kappa shape index (κ3) is 2.66. The van der Waals surface area contributed by atoms with Crippen molar-refractivity contribution in [2.75, 3.05) is 18.6 Å². The van der Waals surface area contributed by atoms with Crippen LogP contribution in [0.2, 0.25) is 0 Å². The summed E-state index contributed by atoms with van der Waals surface area (Å²) in [6.45, 7) is 1.93. The number of aromatic nitrogens is 1. The van der Waals surface area contributed by atoms with Gasteiger partial charge in [0.2, 0.25) is 5.91 Å². The monoisotopic (exact) mass is 209 g/mol. The Hall–Kier alpha value is -1.62. The van der Waals surface area contributed by atoms with E-state index >= 15 is 0 Å². The molecule has 0 bridgehead atoms. The van der Waals surface area contributed by atoms with Crippen molar-refractivity contribution in [1.29, 1.82) is 0 Å². The second-order valence-corrected chi connectivity index (χ2v) is 3.41. The fourth-order valence-corrected chi connectivity index (χ4v) is 1.09. The lowest BCUT2D eigenvalue weighted by Crippen LogP contribution is -2.32. The molecule has 0 aromatic carbocycles. The molecule has 5 heteroatoms. The fourth-order valence-electron chi connectivity index (χ4n) is 1.09. The van der Waals surface area contributed by atoms with Crippen LogP contribution in [0.25, 0.3) is 0 Å². The van der Waals surface area contributed by atoms with Crippen LogP contribution in [0.4, 0.5) is 5.82 Å². The Morgan fingerprint density at radius 2 is 2.33 bits per heavy atom. The zero-order valence-electron chi connectivity index (χ0n) is 8.84. The van der Waals surface area contributed by atoms with Crippen molar-refractivity contribution in [2.24, 2.45) is 5.73 Å². The molecule has 1 amide bonds. The molecular weight excluding hydrogens is 194 g/mol. The van der Waals surface area contributed by atoms with Gasteiger partial charge in [0.25, 0.3) is 0 Å². The SMILES string of the molecule is CC(CO)N(C)c1ccc(C(N)=O)cn1. The van der Waals surface area contributed by atoms with Crippen molar-refractivity contribution in [1.82, 2.24) is 4.98 Å². The Bertz CT molecular complexity index is 337. The molecule has 0 saturated heterocycles. The predicted octanol–water partition coefficient (Wildman–Crippen LogP) is -0.00250. The number of nitrogens with two attached hydrogens (primary N) is 1. The number of rotatable bonds is 4. The minimum atomic E-state index is -0.494. The molecule has 3 N–H and O–H groups in total. The highest BCUT2D eigenvalue weighted by atomic mass is 16.3. The van der Waals surface area contributed by atoms with Gasteiger partial charge in [-0.1, -0.05) is 0 Å². The van der Waals surface area contributed by atoms with Gasteiger partial charge in [-0.3, -0.25) is 4.79 Å². The molecule has 0 aliphatic carbocycles. The lowest BCUT2D eigenvalue weighted by Gasteiger charge is -2.24. The van der Waals surface area contributed by atoms with E-state index in [0.29, 0.717) is 11.4 Å². The fraction of sp³-hybridized carbons (Fsp3) is 0.400. The molecule has 1 aromatic rings. The molecule has 1 unspecified atom stereocenters. The van der Waals surface area contributed by atoms with Gasteiger partial charge >= 0.3 is 0 Å². The normalized spacial score (nSPS) is 12.2. The molecule has 1 aromatic heterocycles. The third-order valence-corrected chi connectivity index (χ3v) is 2.32. The van der Waals surface area contributed by atoms with Gasteiger partial charge in [0.15, 0.2) is 0 Å². The molecule has 1 heterocycles. The standard InChI is InChI=1S/C10H15N3O2/c1-7(6-14)13(2)9-4-3-8(5-12-9)10(11)15/h3-5,7,14H,6H2,1-2H3,(H2,11,15). The number of likely N-dealkylation sites (N-methyl/N-ethyl adjacent to an activating group) is 1. The van der Waals surface area contributed by atoms with Gasteiger partial charge in [0, 0.05) is 13.2 Å². The largest absolute Gasteiger partial charge is 0.394 e. The van der Waals surface area contributed by atoms with Crippen LogP contribution in [0.1, 0.15) is 17.3 Å². The quantitative estimate of drug-likeness (QED) is 0.731. The van der Waals surface area contributed by atoms with E-state index in [2.05, 4.69) is 4.98 Å². The second-order valence-electron chi connectivity index (χ2n) is 3.41. The van der Waals surface area contributed by atoms with E-state index in [0.717, 1.165) is 0 Å². The van der Waals surface area contributed by atoms with Crippen LogP contribution in [-0.4, -0.2) is 35.7 Å². The summed E-state index contributed by atoms with van der Waals surface area (Å²) < 4.78 is 0. The van der Waals surface area contributed by atoms with Crippen LogP contribution in [0.5, 0.6) is 0 Å². The van der Waals surface area contributed by atoms with Crippen LogP contribution < -0.4 is 10.6 Å². The lowest BCUT2D eigenvalue weighted by atomic mass is 10.2. The maximum atomic E-state index is 10.8. The number of aliphatic hydroxyl groups is 1. The van der Waals surface area contributed by atoms with Gasteiger partial charge in [-0.05, 0) is 19.1 Å². The first kappa shape index (κ1) is 11.5. The Morgan fingerprint density at radius 3 is 2.73 bits per heavy atom.